The van der Waals surface area contributed by atoms with Crippen LogP contribution in [-0.4, -0.2) is 51.8 Å². The Morgan fingerprint density at radius 3 is 2.64 bits per heavy atom. The molecule has 0 saturated carbocycles. The SMILES string of the molecule is COc1ccccc1OCCN1CC(CS(N)(=O)=O)CC1=O. The molecule has 0 radical (unpaired) electrons. The maximum atomic E-state index is 11.8. The van der Waals surface area contributed by atoms with Gasteiger partial charge in [0, 0.05) is 18.9 Å². The third-order valence-electron chi connectivity index (χ3n) is 3.45. The molecule has 0 spiro atoms. The van der Waals surface area contributed by atoms with Gasteiger partial charge in [-0.25, -0.2) is 13.6 Å². The Kier molecular flexibility index (Phi) is 5.25. The van der Waals surface area contributed by atoms with E-state index in [4.69, 9.17) is 14.6 Å². The lowest BCUT2D eigenvalue weighted by Gasteiger charge is -2.17. The molecule has 1 aromatic carbocycles. The van der Waals surface area contributed by atoms with Gasteiger partial charge in [-0.05, 0) is 12.1 Å². The molecule has 2 rings (SSSR count). The number of hydrogen-bond donors (Lipinski definition) is 1. The van der Waals surface area contributed by atoms with Gasteiger partial charge in [0.1, 0.15) is 6.61 Å². The van der Waals surface area contributed by atoms with Crippen LogP contribution in [0.1, 0.15) is 6.42 Å². The second-order valence-corrected chi connectivity index (χ2v) is 6.90. The van der Waals surface area contributed by atoms with Crippen LogP contribution >= 0.6 is 0 Å². The molecule has 1 unspecified atom stereocenters. The van der Waals surface area contributed by atoms with Gasteiger partial charge in [-0.2, -0.15) is 0 Å². The summed E-state index contributed by atoms with van der Waals surface area (Å²) in [6, 6.07) is 7.25. The van der Waals surface area contributed by atoms with Crippen molar-refractivity contribution in [2.24, 2.45) is 11.1 Å². The largest absolute Gasteiger partial charge is 0.493 e. The number of benzene rings is 1. The van der Waals surface area contributed by atoms with Gasteiger partial charge in [0.2, 0.25) is 15.9 Å². The number of likely N-dealkylation sites (tertiary alicyclic amines) is 1. The summed E-state index contributed by atoms with van der Waals surface area (Å²) in [4.78, 5) is 13.4. The minimum Gasteiger partial charge on any atom is -0.493 e. The highest BCUT2D eigenvalue weighted by Crippen LogP contribution is 2.26. The van der Waals surface area contributed by atoms with Crippen LogP contribution in [0, 0.1) is 5.92 Å². The van der Waals surface area contributed by atoms with Gasteiger partial charge in [0.05, 0.1) is 19.4 Å². The highest BCUT2D eigenvalue weighted by atomic mass is 32.2. The molecule has 22 heavy (non-hydrogen) atoms. The third kappa shape index (κ3) is 4.60. The molecule has 1 aromatic rings. The van der Waals surface area contributed by atoms with Crippen molar-refractivity contribution < 1.29 is 22.7 Å². The van der Waals surface area contributed by atoms with Gasteiger partial charge in [0.25, 0.3) is 0 Å². The number of ether oxygens (including phenoxy) is 2. The van der Waals surface area contributed by atoms with E-state index in [-0.39, 0.29) is 24.0 Å². The minimum absolute atomic E-state index is 0.0720. The molecule has 1 atom stereocenters. The summed E-state index contributed by atoms with van der Waals surface area (Å²) < 4.78 is 32.9. The van der Waals surface area contributed by atoms with Gasteiger partial charge in [-0.15, -0.1) is 0 Å². The fourth-order valence-electron chi connectivity index (χ4n) is 2.51. The van der Waals surface area contributed by atoms with Crippen LogP contribution in [0.3, 0.4) is 0 Å². The number of methoxy groups -OCH3 is 1. The molecule has 1 heterocycles. The molecule has 8 heteroatoms. The quantitative estimate of drug-likeness (QED) is 0.771. The van der Waals surface area contributed by atoms with Crippen molar-refractivity contribution in [3.8, 4) is 11.5 Å². The highest BCUT2D eigenvalue weighted by Gasteiger charge is 2.31. The number of carbonyl (C=O) groups excluding carboxylic acids is 1. The molecule has 122 valence electrons. The third-order valence-corrected chi connectivity index (χ3v) is 4.39. The number of amides is 1. The summed E-state index contributed by atoms with van der Waals surface area (Å²) in [6.07, 6.45) is 0.213. The number of hydrogen-bond acceptors (Lipinski definition) is 5. The summed E-state index contributed by atoms with van der Waals surface area (Å²) in [7, 11) is -1.99. The summed E-state index contributed by atoms with van der Waals surface area (Å²) in [5.74, 6) is 0.758. The predicted octanol–water partition coefficient (Wildman–Crippen LogP) is 0.211. The topological polar surface area (TPSA) is 98.9 Å². The van der Waals surface area contributed by atoms with Gasteiger partial charge in [-0.1, -0.05) is 12.1 Å². The summed E-state index contributed by atoms with van der Waals surface area (Å²) in [5, 5.41) is 5.02. The zero-order valence-electron chi connectivity index (χ0n) is 12.4. The van der Waals surface area contributed by atoms with Crippen molar-refractivity contribution in [1.29, 1.82) is 0 Å². The van der Waals surface area contributed by atoms with Crippen molar-refractivity contribution in [3.63, 3.8) is 0 Å². The average Bonchev–Trinajstić information content (AvgIpc) is 2.77. The summed E-state index contributed by atoms with van der Waals surface area (Å²) in [5.41, 5.74) is 0. The first-order chi connectivity index (χ1) is 10.4. The molecule has 1 aliphatic heterocycles. The van der Waals surface area contributed by atoms with E-state index in [2.05, 4.69) is 0 Å². The lowest BCUT2D eigenvalue weighted by molar-refractivity contribution is -0.128. The number of carbonyl (C=O) groups is 1. The van der Waals surface area contributed by atoms with Crippen LogP contribution in [-0.2, 0) is 14.8 Å². The molecule has 0 bridgehead atoms. The number of nitrogens with zero attached hydrogens (tertiary/aromatic N) is 1. The van der Waals surface area contributed by atoms with E-state index in [1.807, 2.05) is 12.1 Å². The molecular weight excluding hydrogens is 308 g/mol. The van der Waals surface area contributed by atoms with Crippen molar-refractivity contribution in [2.45, 2.75) is 6.42 Å². The first-order valence-corrected chi connectivity index (χ1v) is 8.64. The number of primary sulfonamides is 1. The van der Waals surface area contributed by atoms with E-state index in [0.717, 1.165) is 0 Å². The first kappa shape index (κ1) is 16.6. The van der Waals surface area contributed by atoms with Crippen molar-refractivity contribution in [2.75, 3.05) is 32.6 Å². The Labute approximate surface area is 130 Å². The van der Waals surface area contributed by atoms with E-state index in [1.54, 1.807) is 24.1 Å². The highest BCUT2D eigenvalue weighted by molar-refractivity contribution is 7.89. The average molecular weight is 328 g/mol. The molecule has 0 aromatic heterocycles. The number of nitrogens with two attached hydrogens (primary N) is 1. The van der Waals surface area contributed by atoms with Crippen molar-refractivity contribution in [1.82, 2.24) is 4.90 Å². The van der Waals surface area contributed by atoms with Gasteiger partial charge < -0.3 is 14.4 Å². The molecule has 7 nitrogen and oxygen atoms in total. The van der Waals surface area contributed by atoms with Crippen LogP contribution < -0.4 is 14.6 Å². The standard InChI is InChI=1S/C14H20N2O5S/c1-20-12-4-2-3-5-13(12)21-7-6-16-9-11(8-14(16)17)10-22(15,18)19/h2-5,11H,6-10H2,1H3,(H2,15,18,19). The second-order valence-electron chi connectivity index (χ2n) is 5.24. The van der Waals surface area contributed by atoms with E-state index in [0.29, 0.717) is 31.2 Å². The fraction of sp³-hybridized carbons (Fsp3) is 0.500. The molecule has 1 amide bonds. The van der Waals surface area contributed by atoms with Gasteiger partial charge in [0.15, 0.2) is 11.5 Å². The van der Waals surface area contributed by atoms with E-state index in [9.17, 15) is 13.2 Å². The van der Waals surface area contributed by atoms with Crippen LogP contribution in [0.2, 0.25) is 0 Å². The second kappa shape index (κ2) is 6.97. The first-order valence-electron chi connectivity index (χ1n) is 6.93. The molecule has 1 fully saturated rings. The monoisotopic (exact) mass is 328 g/mol. The number of rotatable bonds is 7. The maximum absolute atomic E-state index is 11.8. The zero-order valence-corrected chi connectivity index (χ0v) is 13.2. The van der Waals surface area contributed by atoms with Crippen LogP contribution in [0.5, 0.6) is 11.5 Å². The smallest absolute Gasteiger partial charge is 0.223 e. The molecule has 2 N–H and O–H groups in total. The van der Waals surface area contributed by atoms with Crippen molar-refractivity contribution in [3.05, 3.63) is 24.3 Å². The minimum atomic E-state index is -3.55. The predicted molar refractivity (Wildman–Crippen MR) is 81.2 cm³/mol. The van der Waals surface area contributed by atoms with Gasteiger partial charge in [-0.3, -0.25) is 4.79 Å². The van der Waals surface area contributed by atoms with Crippen LogP contribution in [0.15, 0.2) is 24.3 Å². The molecule has 1 saturated heterocycles. The fourth-order valence-corrected chi connectivity index (χ4v) is 3.39. The summed E-state index contributed by atoms with van der Waals surface area (Å²) >= 11 is 0. The Morgan fingerprint density at radius 2 is 2.00 bits per heavy atom. The van der Waals surface area contributed by atoms with Crippen molar-refractivity contribution >= 4 is 15.9 Å². The number of sulfonamides is 1. The Hall–Kier alpha value is -1.80. The van der Waals surface area contributed by atoms with Gasteiger partial charge >= 0.3 is 0 Å². The molecular formula is C14H20N2O5S. The zero-order chi connectivity index (χ0) is 16.2. The summed E-state index contributed by atoms with van der Waals surface area (Å²) in [6.45, 7) is 1.11. The molecule has 0 aliphatic carbocycles. The Bertz CT molecular complexity index is 632. The Balaban J connectivity index is 1.83. The number of para-hydroxylation sites is 2. The lowest BCUT2D eigenvalue weighted by atomic mass is 10.1. The van der Waals surface area contributed by atoms with E-state index >= 15 is 0 Å². The van der Waals surface area contributed by atoms with E-state index in [1.165, 1.54) is 0 Å². The lowest BCUT2D eigenvalue weighted by Crippen LogP contribution is -2.31. The molecule has 1 aliphatic rings. The normalized spacial score (nSPS) is 18.5. The maximum Gasteiger partial charge on any atom is 0.223 e. The van der Waals surface area contributed by atoms with Crippen LogP contribution in [0.25, 0.3) is 0 Å². The van der Waals surface area contributed by atoms with E-state index < -0.39 is 10.0 Å². The Morgan fingerprint density at radius 1 is 1.32 bits per heavy atom. The van der Waals surface area contributed by atoms with Crippen LogP contribution in [0.4, 0.5) is 0 Å².